The third-order valence-corrected chi connectivity index (χ3v) is 4.12. The highest BCUT2D eigenvalue weighted by atomic mass is 16.5. The Morgan fingerprint density at radius 2 is 2.04 bits per heavy atom. The predicted octanol–water partition coefficient (Wildman–Crippen LogP) is 3.82. The van der Waals surface area contributed by atoms with Gasteiger partial charge in [-0.15, -0.1) is 0 Å². The van der Waals surface area contributed by atoms with E-state index in [1.807, 2.05) is 36.4 Å². The first-order chi connectivity index (χ1) is 11.1. The Kier molecular flexibility index (Phi) is 4.63. The zero-order valence-corrected chi connectivity index (χ0v) is 13.5. The van der Waals surface area contributed by atoms with Crippen LogP contribution in [-0.2, 0) is 4.79 Å². The van der Waals surface area contributed by atoms with Gasteiger partial charge in [0.2, 0.25) is 5.91 Å². The third kappa shape index (κ3) is 3.71. The number of ether oxygens (including phenoxy) is 1. The number of rotatable bonds is 4. The molecule has 0 radical (unpaired) electrons. The maximum Gasteiger partial charge on any atom is 0.221 e. The van der Waals surface area contributed by atoms with Gasteiger partial charge < -0.3 is 15.4 Å². The van der Waals surface area contributed by atoms with Crippen molar-refractivity contribution in [2.75, 3.05) is 11.9 Å². The monoisotopic (exact) mass is 310 g/mol. The smallest absolute Gasteiger partial charge is 0.221 e. The predicted molar refractivity (Wildman–Crippen MR) is 91.6 cm³/mol. The highest BCUT2D eigenvalue weighted by molar-refractivity contribution is 5.88. The molecule has 0 fully saturated rings. The van der Waals surface area contributed by atoms with Crippen LogP contribution in [0.1, 0.15) is 43.5 Å². The van der Waals surface area contributed by atoms with Crippen molar-refractivity contribution < 1.29 is 9.53 Å². The highest BCUT2D eigenvalue weighted by Crippen LogP contribution is 2.33. The van der Waals surface area contributed by atoms with Crippen molar-refractivity contribution in [2.45, 2.75) is 32.4 Å². The number of carbonyl (C=O) groups excluding carboxylic acids is 1. The highest BCUT2D eigenvalue weighted by Gasteiger charge is 2.22. The molecule has 0 saturated heterocycles. The minimum absolute atomic E-state index is 0.0545. The van der Waals surface area contributed by atoms with Crippen molar-refractivity contribution in [1.82, 2.24) is 5.32 Å². The molecule has 1 aliphatic heterocycles. The van der Waals surface area contributed by atoms with Crippen molar-refractivity contribution >= 4 is 11.6 Å². The largest absolute Gasteiger partial charge is 0.493 e. The van der Waals surface area contributed by atoms with E-state index in [0.29, 0.717) is 0 Å². The van der Waals surface area contributed by atoms with E-state index in [4.69, 9.17) is 4.74 Å². The Labute approximate surface area is 136 Å². The van der Waals surface area contributed by atoms with E-state index in [-0.39, 0.29) is 18.0 Å². The third-order valence-electron chi connectivity index (χ3n) is 4.12. The van der Waals surface area contributed by atoms with Gasteiger partial charge in [-0.3, -0.25) is 4.79 Å². The maximum absolute atomic E-state index is 11.2. The van der Waals surface area contributed by atoms with Crippen LogP contribution in [-0.4, -0.2) is 12.5 Å². The summed E-state index contributed by atoms with van der Waals surface area (Å²) in [6.07, 6.45) is 0.951. The lowest BCUT2D eigenvalue weighted by atomic mass is 9.98. The summed E-state index contributed by atoms with van der Waals surface area (Å²) in [4.78, 5) is 11.2. The molecule has 3 rings (SSSR count). The minimum atomic E-state index is -0.0545. The van der Waals surface area contributed by atoms with Gasteiger partial charge in [-0.25, -0.2) is 0 Å². The van der Waals surface area contributed by atoms with Gasteiger partial charge in [-0.2, -0.15) is 0 Å². The lowest BCUT2D eigenvalue weighted by molar-refractivity contribution is -0.114. The van der Waals surface area contributed by atoms with Crippen LogP contribution in [0.5, 0.6) is 5.75 Å². The topological polar surface area (TPSA) is 50.4 Å². The van der Waals surface area contributed by atoms with Gasteiger partial charge in [0, 0.05) is 36.7 Å². The first-order valence-corrected chi connectivity index (χ1v) is 7.99. The number of nitrogens with one attached hydrogen (secondary N) is 2. The number of anilines is 1. The van der Waals surface area contributed by atoms with Crippen molar-refractivity contribution in [1.29, 1.82) is 0 Å². The fourth-order valence-electron chi connectivity index (χ4n) is 3.00. The second-order valence-electron chi connectivity index (χ2n) is 5.92. The summed E-state index contributed by atoms with van der Waals surface area (Å²) < 4.78 is 5.72. The van der Waals surface area contributed by atoms with Crippen LogP contribution in [0.15, 0.2) is 48.5 Å². The van der Waals surface area contributed by atoms with Crippen molar-refractivity contribution in [3.8, 4) is 5.75 Å². The number of fused-ring (bicyclic) bond motifs is 1. The fraction of sp³-hybridized carbons (Fsp3) is 0.316. The second kappa shape index (κ2) is 6.84. The van der Waals surface area contributed by atoms with Gasteiger partial charge in [-0.05, 0) is 30.7 Å². The van der Waals surface area contributed by atoms with E-state index in [1.54, 1.807) is 0 Å². The average Bonchev–Trinajstić information content (AvgIpc) is 2.55. The van der Waals surface area contributed by atoms with E-state index in [9.17, 15) is 4.79 Å². The van der Waals surface area contributed by atoms with Gasteiger partial charge in [0.15, 0.2) is 0 Å². The SMILES string of the molecule is CC(=O)Nc1cccc(C(C)NC2CCOc3ccccc32)c1. The molecule has 4 heteroatoms. The molecule has 2 N–H and O–H groups in total. The summed E-state index contributed by atoms with van der Waals surface area (Å²) in [5, 5.41) is 6.51. The van der Waals surface area contributed by atoms with Gasteiger partial charge in [0.1, 0.15) is 5.75 Å². The molecule has 23 heavy (non-hydrogen) atoms. The molecule has 0 spiro atoms. The summed E-state index contributed by atoms with van der Waals surface area (Å²) in [5.41, 5.74) is 3.19. The van der Waals surface area contributed by atoms with Crippen molar-refractivity contribution in [2.24, 2.45) is 0 Å². The standard InChI is InChI=1S/C19H22N2O2/c1-13(15-6-5-7-16(12-15)21-14(2)22)20-18-10-11-23-19-9-4-3-8-17(18)19/h3-9,12-13,18,20H,10-11H2,1-2H3,(H,21,22). The second-order valence-corrected chi connectivity index (χ2v) is 5.92. The first-order valence-electron chi connectivity index (χ1n) is 7.99. The Bertz CT molecular complexity index is 699. The van der Waals surface area contributed by atoms with Gasteiger partial charge in [0.05, 0.1) is 6.61 Å². The first kappa shape index (κ1) is 15.6. The van der Waals surface area contributed by atoms with Crippen LogP contribution >= 0.6 is 0 Å². The summed E-state index contributed by atoms with van der Waals surface area (Å²) in [6, 6.07) is 16.6. The molecule has 1 heterocycles. The molecule has 2 unspecified atom stereocenters. The van der Waals surface area contributed by atoms with Gasteiger partial charge in [0.25, 0.3) is 0 Å². The molecule has 120 valence electrons. The molecule has 1 amide bonds. The maximum atomic E-state index is 11.2. The molecule has 0 bridgehead atoms. The Balaban J connectivity index is 1.75. The van der Waals surface area contributed by atoms with Crippen molar-refractivity contribution in [3.05, 3.63) is 59.7 Å². The van der Waals surface area contributed by atoms with E-state index >= 15 is 0 Å². The number of hydrogen-bond donors (Lipinski definition) is 2. The van der Waals surface area contributed by atoms with E-state index in [0.717, 1.165) is 30.0 Å². The number of para-hydroxylation sites is 1. The Morgan fingerprint density at radius 3 is 2.87 bits per heavy atom. The van der Waals surface area contributed by atoms with E-state index in [1.165, 1.54) is 12.5 Å². The van der Waals surface area contributed by atoms with E-state index < -0.39 is 0 Å². The number of amides is 1. The van der Waals surface area contributed by atoms with Crippen LogP contribution in [0.25, 0.3) is 0 Å². The normalized spacial score (nSPS) is 17.7. The number of hydrogen-bond acceptors (Lipinski definition) is 3. The summed E-state index contributed by atoms with van der Waals surface area (Å²) >= 11 is 0. The Hall–Kier alpha value is -2.33. The summed E-state index contributed by atoms with van der Waals surface area (Å²) in [5.74, 6) is 0.913. The van der Waals surface area contributed by atoms with Crippen LogP contribution < -0.4 is 15.4 Å². The number of carbonyl (C=O) groups is 1. The zero-order valence-electron chi connectivity index (χ0n) is 13.5. The minimum Gasteiger partial charge on any atom is -0.493 e. The van der Waals surface area contributed by atoms with Crippen LogP contribution in [0.4, 0.5) is 5.69 Å². The van der Waals surface area contributed by atoms with E-state index in [2.05, 4.69) is 29.7 Å². The molecule has 2 atom stereocenters. The molecule has 0 saturated carbocycles. The molecule has 2 aromatic rings. The van der Waals surface area contributed by atoms with Crippen LogP contribution in [0, 0.1) is 0 Å². The number of benzene rings is 2. The molecule has 4 nitrogen and oxygen atoms in total. The lowest BCUT2D eigenvalue weighted by Crippen LogP contribution is -2.29. The molecule has 1 aliphatic rings. The van der Waals surface area contributed by atoms with Gasteiger partial charge >= 0.3 is 0 Å². The molecule has 0 aliphatic carbocycles. The fourth-order valence-corrected chi connectivity index (χ4v) is 3.00. The molecular formula is C19H22N2O2. The van der Waals surface area contributed by atoms with Crippen molar-refractivity contribution in [3.63, 3.8) is 0 Å². The summed E-state index contributed by atoms with van der Waals surface area (Å²) in [6.45, 7) is 4.39. The molecule has 0 aromatic heterocycles. The molecule has 2 aromatic carbocycles. The molecular weight excluding hydrogens is 288 g/mol. The summed E-state index contributed by atoms with van der Waals surface area (Å²) in [7, 11) is 0. The quantitative estimate of drug-likeness (QED) is 0.902. The Morgan fingerprint density at radius 1 is 1.22 bits per heavy atom. The zero-order chi connectivity index (χ0) is 16.2. The van der Waals surface area contributed by atoms with Gasteiger partial charge in [-0.1, -0.05) is 30.3 Å². The lowest BCUT2D eigenvalue weighted by Gasteiger charge is -2.29. The van der Waals surface area contributed by atoms with Crippen LogP contribution in [0.2, 0.25) is 0 Å². The van der Waals surface area contributed by atoms with Crippen LogP contribution in [0.3, 0.4) is 0 Å². The average molecular weight is 310 g/mol.